The summed E-state index contributed by atoms with van der Waals surface area (Å²) in [6.07, 6.45) is -6.49. The van der Waals surface area contributed by atoms with Crippen molar-refractivity contribution in [1.82, 2.24) is 5.32 Å². The van der Waals surface area contributed by atoms with Crippen molar-refractivity contribution in [1.29, 1.82) is 0 Å². The van der Waals surface area contributed by atoms with E-state index in [1.54, 1.807) is 0 Å². The molecule has 0 aromatic heterocycles. The number of ether oxygens (including phenoxy) is 1. The Kier molecular flexibility index (Phi) is 6.84. The van der Waals surface area contributed by atoms with E-state index in [1.807, 2.05) is 35.6 Å². The summed E-state index contributed by atoms with van der Waals surface area (Å²) in [5.74, 6) is -2.53. The maximum absolute atomic E-state index is 12.2. The van der Waals surface area contributed by atoms with Crippen LogP contribution in [0, 0.1) is 0 Å². The molecule has 0 aliphatic heterocycles. The van der Waals surface area contributed by atoms with Gasteiger partial charge in [0.15, 0.2) is 0 Å². The number of hydrogen-bond acceptors (Lipinski definition) is 3. The summed E-state index contributed by atoms with van der Waals surface area (Å²) >= 11 is 0. The first-order valence-electron chi connectivity index (χ1n) is 6.48. The van der Waals surface area contributed by atoms with E-state index < -0.39 is 30.5 Å². The second kappa shape index (κ2) is 8.38. The van der Waals surface area contributed by atoms with Gasteiger partial charge >= 0.3 is 12.1 Å². The Bertz CT molecular complexity index is 491. The number of benzene rings is 1. The van der Waals surface area contributed by atoms with E-state index >= 15 is 0 Å². The average molecular weight is 319 g/mol. The van der Waals surface area contributed by atoms with Gasteiger partial charge in [-0.2, -0.15) is 13.2 Å². The molecule has 0 bridgehead atoms. The Labute approximate surface area is 125 Å². The van der Waals surface area contributed by atoms with Gasteiger partial charge in [0, 0.05) is 6.42 Å². The molecule has 1 atom stereocenters. The summed E-state index contributed by atoms with van der Waals surface area (Å²) in [6, 6.07) is 7.14. The highest BCUT2D eigenvalue weighted by molar-refractivity contribution is 5.83. The fourth-order valence-corrected chi connectivity index (χ4v) is 1.63. The van der Waals surface area contributed by atoms with E-state index in [9.17, 15) is 22.8 Å². The van der Waals surface area contributed by atoms with E-state index in [1.165, 1.54) is 0 Å². The molecule has 2 N–H and O–H groups in total. The highest BCUT2D eigenvalue weighted by Crippen LogP contribution is 2.21. The quantitative estimate of drug-likeness (QED) is 0.720. The Hall–Kier alpha value is -2.09. The predicted octanol–water partition coefficient (Wildman–Crippen LogP) is 2.12. The fourth-order valence-electron chi connectivity index (χ4n) is 1.63. The Morgan fingerprint density at radius 3 is 2.41 bits per heavy atom. The smallest absolute Gasteiger partial charge is 0.391 e. The Morgan fingerprint density at radius 2 is 1.86 bits per heavy atom. The van der Waals surface area contributed by atoms with Crippen molar-refractivity contribution in [3.8, 4) is 0 Å². The maximum atomic E-state index is 12.2. The number of rotatable bonds is 8. The summed E-state index contributed by atoms with van der Waals surface area (Å²) in [5.41, 5.74) is 0.892. The molecule has 1 amide bonds. The highest BCUT2D eigenvalue weighted by atomic mass is 19.4. The molecule has 1 rings (SSSR count). The number of carbonyl (C=O) groups excluding carboxylic acids is 1. The van der Waals surface area contributed by atoms with E-state index in [0.29, 0.717) is 0 Å². The molecule has 1 unspecified atom stereocenters. The van der Waals surface area contributed by atoms with Gasteiger partial charge in [0.1, 0.15) is 6.04 Å². The number of amides is 1. The van der Waals surface area contributed by atoms with Crippen molar-refractivity contribution in [2.45, 2.75) is 31.7 Å². The molecule has 1 aromatic carbocycles. The lowest BCUT2D eigenvalue weighted by Gasteiger charge is -2.16. The molecule has 0 radical (unpaired) electrons. The molecule has 22 heavy (non-hydrogen) atoms. The standard InChI is InChI=1S/C14H16F3NO4/c15-14(16,17)8-11(13(20)21)18-12(19)6-7-22-9-10-4-2-1-3-5-10/h1-5,11H,6-9H2,(H,18,19)(H,20,21). The molecular weight excluding hydrogens is 303 g/mol. The normalized spacial score (nSPS) is 12.7. The van der Waals surface area contributed by atoms with E-state index in [-0.39, 0.29) is 19.6 Å². The van der Waals surface area contributed by atoms with Gasteiger partial charge in [-0.25, -0.2) is 4.79 Å². The lowest BCUT2D eigenvalue weighted by molar-refractivity contribution is -0.160. The second-order valence-corrected chi connectivity index (χ2v) is 4.57. The van der Waals surface area contributed by atoms with Crippen LogP contribution in [0.5, 0.6) is 0 Å². The van der Waals surface area contributed by atoms with E-state index in [2.05, 4.69) is 0 Å². The summed E-state index contributed by atoms with van der Waals surface area (Å²) in [7, 11) is 0. The number of carboxylic acid groups (broad SMARTS) is 1. The SMILES string of the molecule is O=C(CCOCc1ccccc1)NC(CC(F)(F)F)C(=O)O. The lowest BCUT2D eigenvalue weighted by Crippen LogP contribution is -2.43. The van der Waals surface area contributed by atoms with Crippen LogP contribution in [0.3, 0.4) is 0 Å². The first kappa shape index (κ1) is 18.0. The Morgan fingerprint density at radius 1 is 1.23 bits per heavy atom. The minimum Gasteiger partial charge on any atom is -0.480 e. The second-order valence-electron chi connectivity index (χ2n) is 4.57. The van der Waals surface area contributed by atoms with Crippen LogP contribution in [0.15, 0.2) is 30.3 Å². The number of carbonyl (C=O) groups is 2. The molecule has 5 nitrogen and oxygen atoms in total. The van der Waals surface area contributed by atoms with Gasteiger partial charge in [-0.15, -0.1) is 0 Å². The van der Waals surface area contributed by atoms with Crippen LogP contribution >= 0.6 is 0 Å². The number of aliphatic carboxylic acids is 1. The number of alkyl halides is 3. The van der Waals surface area contributed by atoms with Gasteiger partial charge < -0.3 is 15.2 Å². The highest BCUT2D eigenvalue weighted by Gasteiger charge is 2.36. The van der Waals surface area contributed by atoms with E-state index in [0.717, 1.165) is 5.56 Å². The maximum Gasteiger partial charge on any atom is 0.391 e. The van der Waals surface area contributed by atoms with Crippen molar-refractivity contribution < 1.29 is 32.6 Å². The van der Waals surface area contributed by atoms with Gasteiger partial charge in [-0.05, 0) is 5.56 Å². The van der Waals surface area contributed by atoms with E-state index in [4.69, 9.17) is 9.84 Å². The van der Waals surface area contributed by atoms with Crippen molar-refractivity contribution >= 4 is 11.9 Å². The third-order valence-corrected chi connectivity index (χ3v) is 2.65. The van der Waals surface area contributed by atoms with Crippen LogP contribution < -0.4 is 5.32 Å². The zero-order valence-electron chi connectivity index (χ0n) is 11.6. The number of hydrogen-bond donors (Lipinski definition) is 2. The summed E-state index contributed by atoms with van der Waals surface area (Å²) < 4.78 is 41.7. The molecule has 122 valence electrons. The molecule has 0 aliphatic carbocycles. The third kappa shape index (κ3) is 7.63. The van der Waals surface area contributed by atoms with Crippen LogP contribution in [0.4, 0.5) is 13.2 Å². The van der Waals surface area contributed by atoms with Crippen LogP contribution in [0.1, 0.15) is 18.4 Å². The average Bonchev–Trinajstić information content (AvgIpc) is 2.42. The first-order valence-corrected chi connectivity index (χ1v) is 6.48. The topological polar surface area (TPSA) is 75.6 Å². The molecule has 0 heterocycles. The monoisotopic (exact) mass is 319 g/mol. The van der Waals surface area contributed by atoms with Crippen molar-refractivity contribution in [3.63, 3.8) is 0 Å². The summed E-state index contributed by atoms with van der Waals surface area (Å²) in [5, 5.41) is 10.5. The van der Waals surface area contributed by atoms with Crippen molar-refractivity contribution in [2.75, 3.05) is 6.61 Å². The summed E-state index contributed by atoms with van der Waals surface area (Å²) in [4.78, 5) is 22.1. The molecule has 0 saturated heterocycles. The first-order chi connectivity index (χ1) is 10.3. The van der Waals surface area contributed by atoms with Crippen LogP contribution in [-0.2, 0) is 20.9 Å². The third-order valence-electron chi connectivity index (χ3n) is 2.65. The molecule has 0 saturated carbocycles. The molecule has 1 aromatic rings. The summed E-state index contributed by atoms with van der Waals surface area (Å²) in [6.45, 7) is 0.248. The molecule has 0 aliphatic rings. The lowest BCUT2D eigenvalue weighted by atomic mass is 10.2. The number of carboxylic acids is 1. The van der Waals surface area contributed by atoms with Crippen LogP contribution in [0.25, 0.3) is 0 Å². The van der Waals surface area contributed by atoms with Gasteiger partial charge in [-0.3, -0.25) is 4.79 Å². The molecule has 8 heteroatoms. The van der Waals surface area contributed by atoms with Crippen molar-refractivity contribution in [3.05, 3.63) is 35.9 Å². The van der Waals surface area contributed by atoms with Gasteiger partial charge in [0.2, 0.25) is 5.91 Å². The van der Waals surface area contributed by atoms with Crippen molar-refractivity contribution in [2.24, 2.45) is 0 Å². The number of halogens is 3. The zero-order valence-corrected chi connectivity index (χ0v) is 11.6. The van der Waals surface area contributed by atoms with Crippen LogP contribution in [-0.4, -0.2) is 35.8 Å². The number of nitrogens with one attached hydrogen (secondary N) is 1. The van der Waals surface area contributed by atoms with Gasteiger partial charge in [0.25, 0.3) is 0 Å². The largest absolute Gasteiger partial charge is 0.480 e. The molecule has 0 spiro atoms. The Balaban J connectivity index is 2.30. The zero-order chi connectivity index (χ0) is 16.6. The molecular formula is C14H16F3NO4. The predicted molar refractivity (Wildman–Crippen MR) is 71.0 cm³/mol. The van der Waals surface area contributed by atoms with Gasteiger partial charge in [0.05, 0.1) is 19.6 Å². The fraction of sp³-hybridized carbons (Fsp3) is 0.429. The van der Waals surface area contributed by atoms with Crippen LogP contribution in [0.2, 0.25) is 0 Å². The minimum absolute atomic E-state index is 0.0148. The minimum atomic E-state index is -4.67. The van der Waals surface area contributed by atoms with Gasteiger partial charge in [-0.1, -0.05) is 30.3 Å². The molecule has 0 fully saturated rings.